The zero-order chi connectivity index (χ0) is 49.2. The van der Waals surface area contributed by atoms with E-state index in [1.807, 2.05) is 0 Å². The Labute approximate surface area is 423 Å². The van der Waals surface area contributed by atoms with E-state index in [2.05, 4.69) is 74.6 Å². The van der Waals surface area contributed by atoms with Crippen molar-refractivity contribution in [2.75, 3.05) is 13.2 Å². The number of aliphatic hydroxyl groups is 1. The molecule has 0 rings (SSSR count). The van der Waals surface area contributed by atoms with Crippen molar-refractivity contribution in [3.05, 3.63) is 60.8 Å². The number of carbonyl (C=O) groups excluding carboxylic acids is 2. The third kappa shape index (κ3) is 56.2. The molecule has 396 valence electrons. The van der Waals surface area contributed by atoms with Gasteiger partial charge < -0.3 is 14.6 Å². The first-order valence-electron chi connectivity index (χ1n) is 29.8. The summed E-state index contributed by atoms with van der Waals surface area (Å²) in [6.45, 7) is 4.04. The molecule has 0 aromatic heterocycles. The van der Waals surface area contributed by atoms with Crippen molar-refractivity contribution >= 4 is 11.9 Å². The van der Waals surface area contributed by atoms with Crippen LogP contribution in [0.25, 0.3) is 0 Å². The molecule has 0 bridgehead atoms. The summed E-state index contributed by atoms with van der Waals surface area (Å²) in [6.07, 6.45) is 79.4. The molecule has 0 fully saturated rings. The quantitative estimate of drug-likeness (QED) is 0.0374. The molecule has 0 aromatic rings. The molecule has 1 N–H and O–H groups in total. The molecular formula is C63H114O5. The van der Waals surface area contributed by atoms with Crippen LogP contribution in [0.4, 0.5) is 0 Å². The third-order valence-corrected chi connectivity index (χ3v) is 13.3. The SMILES string of the molecule is CC/C=C\C/C=C\C/C=C\CCCCCCCCCC(=O)OC(CO)COC(=O)CCCCCCCCCCCCCCCCCCCCCCCCCCC/C=C\C/C=C\CCCCCCC. The van der Waals surface area contributed by atoms with Gasteiger partial charge in [-0.3, -0.25) is 9.59 Å². The van der Waals surface area contributed by atoms with Crippen molar-refractivity contribution in [1.82, 2.24) is 0 Å². The van der Waals surface area contributed by atoms with E-state index in [0.29, 0.717) is 12.8 Å². The maximum absolute atomic E-state index is 12.3. The molecule has 0 heterocycles. The molecule has 0 aromatic carbocycles. The summed E-state index contributed by atoms with van der Waals surface area (Å²) >= 11 is 0. The van der Waals surface area contributed by atoms with Gasteiger partial charge in [-0.1, -0.05) is 280 Å². The van der Waals surface area contributed by atoms with Gasteiger partial charge in [0.25, 0.3) is 0 Å². The van der Waals surface area contributed by atoms with Crippen molar-refractivity contribution in [2.45, 2.75) is 315 Å². The zero-order valence-corrected chi connectivity index (χ0v) is 45.4. The molecule has 0 amide bonds. The number of esters is 2. The fraction of sp³-hybridized carbons (Fsp3) is 0.810. The number of rotatable bonds is 55. The molecule has 0 spiro atoms. The van der Waals surface area contributed by atoms with Crippen molar-refractivity contribution < 1.29 is 24.2 Å². The van der Waals surface area contributed by atoms with Gasteiger partial charge in [-0.15, -0.1) is 0 Å². The van der Waals surface area contributed by atoms with Crippen LogP contribution in [0.5, 0.6) is 0 Å². The lowest BCUT2D eigenvalue weighted by Crippen LogP contribution is -2.28. The summed E-state index contributed by atoms with van der Waals surface area (Å²) < 4.78 is 10.7. The smallest absolute Gasteiger partial charge is 0.306 e. The average Bonchev–Trinajstić information content (AvgIpc) is 3.34. The molecule has 5 heteroatoms. The molecule has 0 aliphatic heterocycles. The van der Waals surface area contributed by atoms with Crippen LogP contribution in [0.2, 0.25) is 0 Å². The maximum atomic E-state index is 12.3. The van der Waals surface area contributed by atoms with Gasteiger partial charge in [0.05, 0.1) is 6.61 Å². The molecule has 1 atom stereocenters. The minimum Gasteiger partial charge on any atom is -0.462 e. The Morgan fingerprint density at radius 2 is 0.632 bits per heavy atom. The highest BCUT2D eigenvalue weighted by molar-refractivity contribution is 5.70. The maximum Gasteiger partial charge on any atom is 0.306 e. The van der Waals surface area contributed by atoms with E-state index in [0.717, 1.165) is 70.6 Å². The van der Waals surface area contributed by atoms with Crippen LogP contribution in [0.15, 0.2) is 60.8 Å². The summed E-state index contributed by atoms with van der Waals surface area (Å²) in [4.78, 5) is 24.5. The number of allylic oxidation sites excluding steroid dienone is 10. The second-order valence-corrected chi connectivity index (χ2v) is 20.0. The van der Waals surface area contributed by atoms with Crippen LogP contribution in [-0.2, 0) is 19.1 Å². The molecule has 5 nitrogen and oxygen atoms in total. The Kier molecular flexibility index (Phi) is 56.8. The molecule has 0 saturated heterocycles. The van der Waals surface area contributed by atoms with E-state index >= 15 is 0 Å². The minimum absolute atomic E-state index is 0.0680. The topological polar surface area (TPSA) is 72.8 Å². The van der Waals surface area contributed by atoms with E-state index < -0.39 is 6.10 Å². The summed E-state index contributed by atoms with van der Waals surface area (Å²) in [6, 6.07) is 0. The Hall–Kier alpha value is -2.40. The number of carbonyl (C=O) groups is 2. The van der Waals surface area contributed by atoms with Gasteiger partial charge in [0.1, 0.15) is 6.61 Å². The highest BCUT2D eigenvalue weighted by Gasteiger charge is 2.16. The summed E-state index contributed by atoms with van der Waals surface area (Å²) in [7, 11) is 0. The van der Waals surface area contributed by atoms with E-state index in [1.165, 1.54) is 212 Å². The second-order valence-electron chi connectivity index (χ2n) is 20.0. The predicted molar refractivity (Wildman–Crippen MR) is 297 cm³/mol. The van der Waals surface area contributed by atoms with Gasteiger partial charge in [-0.05, 0) is 77.0 Å². The molecule has 68 heavy (non-hydrogen) atoms. The Morgan fingerprint density at radius 1 is 0.353 bits per heavy atom. The Balaban J connectivity index is 3.39. The standard InChI is InChI=1S/C63H114O5/c1-3-5-7-9-11-13-15-17-19-21-22-23-24-25-26-27-28-29-30-31-32-33-34-35-36-37-38-39-40-42-43-45-47-49-51-53-55-57-62(65)67-60-61(59-64)68-63(66)58-56-54-52-50-48-46-44-41-20-18-16-14-12-10-8-6-4-2/h6,8,12,14-15,17-18,20-22,61,64H,3-5,7,9-11,13,16,19,23-60H2,1-2H3/b8-6-,14-12-,17-15-,20-18-,22-21-. The molecule has 0 aliphatic rings. The fourth-order valence-electron chi connectivity index (χ4n) is 8.84. The molecule has 1 unspecified atom stereocenters. The van der Waals surface area contributed by atoms with Gasteiger partial charge in [0, 0.05) is 12.8 Å². The van der Waals surface area contributed by atoms with E-state index in [4.69, 9.17) is 9.47 Å². The van der Waals surface area contributed by atoms with Crippen molar-refractivity contribution in [3.8, 4) is 0 Å². The van der Waals surface area contributed by atoms with Crippen LogP contribution in [-0.4, -0.2) is 36.4 Å². The normalized spacial score (nSPS) is 12.6. The van der Waals surface area contributed by atoms with Crippen LogP contribution < -0.4 is 0 Å². The van der Waals surface area contributed by atoms with Crippen LogP contribution in [0.3, 0.4) is 0 Å². The number of aliphatic hydroxyl groups excluding tert-OH is 1. The van der Waals surface area contributed by atoms with Crippen molar-refractivity contribution in [2.24, 2.45) is 0 Å². The fourth-order valence-corrected chi connectivity index (χ4v) is 8.84. The second kappa shape index (κ2) is 58.9. The first kappa shape index (κ1) is 65.6. The van der Waals surface area contributed by atoms with Crippen LogP contribution in [0, 0.1) is 0 Å². The Bertz CT molecular complexity index is 1170. The van der Waals surface area contributed by atoms with E-state index in [1.54, 1.807) is 0 Å². The first-order chi connectivity index (χ1) is 33.6. The van der Waals surface area contributed by atoms with Crippen molar-refractivity contribution in [3.63, 3.8) is 0 Å². The Morgan fingerprint density at radius 3 is 0.956 bits per heavy atom. The zero-order valence-electron chi connectivity index (χ0n) is 45.4. The predicted octanol–water partition coefficient (Wildman–Crippen LogP) is 20.2. The lowest BCUT2D eigenvalue weighted by molar-refractivity contribution is -0.161. The van der Waals surface area contributed by atoms with Gasteiger partial charge >= 0.3 is 11.9 Å². The van der Waals surface area contributed by atoms with Gasteiger partial charge in [-0.2, -0.15) is 0 Å². The van der Waals surface area contributed by atoms with Gasteiger partial charge in [-0.25, -0.2) is 0 Å². The molecule has 0 radical (unpaired) electrons. The van der Waals surface area contributed by atoms with Gasteiger partial charge in [0.2, 0.25) is 0 Å². The number of hydrogen-bond acceptors (Lipinski definition) is 5. The van der Waals surface area contributed by atoms with Crippen molar-refractivity contribution in [1.29, 1.82) is 0 Å². The molecule has 0 aliphatic carbocycles. The lowest BCUT2D eigenvalue weighted by Gasteiger charge is -2.15. The highest BCUT2D eigenvalue weighted by atomic mass is 16.6. The lowest BCUT2D eigenvalue weighted by atomic mass is 10.0. The van der Waals surface area contributed by atoms with Crippen LogP contribution >= 0.6 is 0 Å². The minimum atomic E-state index is -0.777. The number of unbranched alkanes of at least 4 members (excludes halogenated alkanes) is 37. The summed E-state index contributed by atoms with van der Waals surface area (Å²) in [5, 5.41) is 9.64. The third-order valence-electron chi connectivity index (χ3n) is 13.3. The largest absolute Gasteiger partial charge is 0.462 e. The highest BCUT2D eigenvalue weighted by Crippen LogP contribution is 2.17. The number of hydrogen-bond donors (Lipinski definition) is 1. The average molecular weight is 952 g/mol. The molecular weight excluding hydrogens is 837 g/mol. The van der Waals surface area contributed by atoms with E-state index in [9.17, 15) is 14.7 Å². The van der Waals surface area contributed by atoms with Crippen LogP contribution in [0.1, 0.15) is 309 Å². The summed E-state index contributed by atoms with van der Waals surface area (Å²) in [5.74, 6) is -0.591. The van der Waals surface area contributed by atoms with E-state index in [-0.39, 0.29) is 25.2 Å². The summed E-state index contributed by atoms with van der Waals surface area (Å²) in [5.41, 5.74) is 0. The number of ether oxygens (including phenoxy) is 2. The first-order valence-corrected chi connectivity index (χ1v) is 29.8. The monoisotopic (exact) mass is 951 g/mol. The van der Waals surface area contributed by atoms with Gasteiger partial charge in [0.15, 0.2) is 6.10 Å². The molecule has 0 saturated carbocycles.